The third kappa shape index (κ3) is 5.83. The summed E-state index contributed by atoms with van der Waals surface area (Å²) < 4.78 is 34.9. The van der Waals surface area contributed by atoms with Crippen LogP contribution in [0.15, 0.2) is 33.9 Å². The molecule has 0 radical (unpaired) electrons. The van der Waals surface area contributed by atoms with Gasteiger partial charge in [-0.25, -0.2) is 18.1 Å². The molecule has 0 fully saturated rings. The second-order valence-electron chi connectivity index (χ2n) is 10.2. The van der Waals surface area contributed by atoms with Crippen LogP contribution in [0.2, 0.25) is 20.4 Å². The maximum absolute atomic E-state index is 14.4. The number of amides is 1. The fourth-order valence-electron chi connectivity index (χ4n) is 5.29. The minimum Gasteiger partial charge on any atom is -0.398 e. The second kappa shape index (κ2) is 12.4. The van der Waals surface area contributed by atoms with Crippen LogP contribution in [0.4, 0.5) is 20.2 Å². The van der Waals surface area contributed by atoms with E-state index in [1.807, 2.05) is 0 Å². The third-order valence-electron chi connectivity index (χ3n) is 7.32. The molecule has 2 aliphatic rings. The van der Waals surface area contributed by atoms with Gasteiger partial charge in [0, 0.05) is 44.2 Å². The number of nitrogens with two attached hydrogens (primary N) is 1. The Morgan fingerprint density at radius 1 is 0.721 bits per heavy atom. The highest BCUT2D eigenvalue weighted by Crippen LogP contribution is 2.35. The first-order valence-electron chi connectivity index (χ1n) is 13.4. The molecule has 0 saturated carbocycles. The number of carbonyl (C=O) groups excluding carboxylic acids is 1. The summed E-state index contributed by atoms with van der Waals surface area (Å²) in [5.41, 5.74) is 5.87. The number of nitrogen functional groups attached to an aromatic ring is 1. The van der Waals surface area contributed by atoms with E-state index in [-0.39, 0.29) is 71.0 Å². The topological polar surface area (TPSA) is 109 Å². The molecule has 0 saturated heterocycles. The van der Waals surface area contributed by atoms with Crippen molar-refractivity contribution in [2.45, 2.75) is 58.8 Å². The molecule has 0 atom stereocenters. The average molecular weight is 674 g/mol. The first kappa shape index (κ1) is 31.2. The maximum atomic E-state index is 14.4. The van der Waals surface area contributed by atoms with E-state index in [4.69, 9.17) is 52.1 Å². The smallest absolute Gasteiger partial charge is 0.276 e. The van der Waals surface area contributed by atoms with Gasteiger partial charge < -0.3 is 11.1 Å². The molecule has 228 valence electrons. The van der Waals surface area contributed by atoms with Crippen molar-refractivity contribution in [3.63, 3.8) is 0 Å². The quantitative estimate of drug-likeness (QED) is 0.237. The molecule has 2 aliphatic heterocycles. The van der Waals surface area contributed by atoms with E-state index >= 15 is 0 Å². The van der Waals surface area contributed by atoms with Crippen molar-refractivity contribution in [2.24, 2.45) is 0 Å². The van der Waals surface area contributed by atoms with Crippen LogP contribution in [0.5, 0.6) is 0 Å². The van der Waals surface area contributed by atoms with Crippen LogP contribution in [0.3, 0.4) is 0 Å². The molecule has 6 rings (SSSR count). The van der Waals surface area contributed by atoms with Gasteiger partial charge in [0.1, 0.15) is 21.9 Å². The molecule has 9 nitrogen and oxygen atoms in total. The van der Waals surface area contributed by atoms with Gasteiger partial charge >= 0.3 is 0 Å². The van der Waals surface area contributed by atoms with E-state index in [1.165, 1.54) is 23.7 Å². The van der Waals surface area contributed by atoms with Gasteiger partial charge in [-0.3, -0.25) is 23.7 Å². The summed E-state index contributed by atoms with van der Waals surface area (Å²) in [4.78, 5) is 36.2. The Kier molecular flexibility index (Phi) is 8.99. The molecule has 15 heteroatoms. The summed E-state index contributed by atoms with van der Waals surface area (Å²) in [6.07, 6.45) is 3.64. The van der Waals surface area contributed by atoms with Crippen LogP contribution in [0, 0.1) is 11.6 Å². The highest BCUT2D eigenvalue weighted by atomic mass is 35.5. The molecule has 3 N–H and O–H groups in total. The van der Waals surface area contributed by atoms with Gasteiger partial charge in [0.15, 0.2) is 0 Å². The predicted octanol–water partition coefficient (Wildman–Crippen LogP) is 6.65. The normalized spacial score (nSPS) is 14.0. The summed E-state index contributed by atoms with van der Waals surface area (Å²) in [6, 6.07) is 4.86. The Labute approximate surface area is 264 Å². The lowest BCUT2D eigenvalue weighted by Gasteiger charge is -2.17. The lowest BCUT2D eigenvalue weighted by Crippen LogP contribution is -2.27. The Hall–Kier alpha value is -3.25. The van der Waals surface area contributed by atoms with Crippen molar-refractivity contribution in [1.82, 2.24) is 18.7 Å². The molecule has 43 heavy (non-hydrogen) atoms. The maximum Gasteiger partial charge on any atom is 0.276 e. The van der Waals surface area contributed by atoms with Crippen molar-refractivity contribution in [3.8, 4) is 22.3 Å². The molecule has 0 spiro atoms. The molecule has 1 amide bonds. The Bertz CT molecular complexity index is 1880. The van der Waals surface area contributed by atoms with Gasteiger partial charge in [-0.05, 0) is 49.9 Å². The van der Waals surface area contributed by atoms with E-state index < -0.39 is 11.6 Å². The number of carbonyl (C=O) groups is 1. The number of anilines is 2. The Morgan fingerprint density at radius 3 is 1.58 bits per heavy atom. The molecular weight excluding hydrogens is 648 g/mol. The fraction of sp³-hybridized carbons (Fsp3) is 0.321. The van der Waals surface area contributed by atoms with E-state index in [0.29, 0.717) is 26.2 Å². The minimum atomic E-state index is -0.661. The first-order chi connectivity index (χ1) is 20.4. The number of nitrogens with one attached hydrogen (secondary N) is 1. The van der Waals surface area contributed by atoms with Crippen LogP contribution < -0.4 is 22.2 Å². The Balaban J connectivity index is 0.000000173. The highest BCUT2D eigenvalue weighted by Gasteiger charge is 2.26. The van der Waals surface area contributed by atoms with Gasteiger partial charge in [-0.1, -0.05) is 46.4 Å². The average Bonchev–Trinajstić information content (AvgIpc) is 3.37. The first-order valence-corrected chi connectivity index (χ1v) is 14.9. The number of fused-ring (bicyclic) bond motifs is 2. The van der Waals surface area contributed by atoms with Crippen LogP contribution in [0.25, 0.3) is 22.3 Å². The van der Waals surface area contributed by atoms with Gasteiger partial charge in [0.25, 0.3) is 11.1 Å². The third-order valence-corrected chi connectivity index (χ3v) is 8.73. The number of halogens is 6. The summed E-state index contributed by atoms with van der Waals surface area (Å²) in [6.45, 7) is 3.72. The summed E-state index contributed by atoms with van der Waals surface area (Å²) >= 11 is 24.3. The van der Waals surface area contributed by atoms with E-state index in [1.54, 1.807) is 14.0 Å². The SMILES string of the molecule is CC(=O)Nc1cc(-c2c(Cl)n3n(c2=O)CCCC3)c(F)cc1Cl.Nc1cc(-c2c(Cl)n3n(c2=O)CCCC3)c(F)cc1Cl. The van der Waals surface area contributed by atoms with Gasteiger partial charge in [-0.2, -0.15) is 0 Å². The molecule has 0 bridgehead atoms. The molecule has 4 aromatic rings. The van der Waals surface area contributed by atoms with Gasteiger partial charge in [0.2, 0.25) is 5.91 Å². The zero-order chi connectivity index (χ0) is 31.2. The number of hydrogen-bond donors (Lipinski definition) is 2. The summed E-state index contributed by atoms with van der Waals surface area (Å²) in [5.74, 6) is -1.61. The van der Waals surface area contributed by atoms with Crippen molar-refractivity contribution >= 4 is 63.7 Å². The molecular formula is C28H26Cl4F2N6O3. The summed E-state index contributed by atoms with van der Waals surface area (Å²) in [7, 11) is 0. The molecule has 0 unspecified atom stereocenters. The number of nitrogens with zero attached hydrogens (tertiary/aromatic N) is 4. The zero-order valence-electron chi connectivity index (χ0n) is 22.8. The second-order valence-corrected chi connectivity index (χ2v) is 11.7. The van der Waals surface area contributed by atoms with Crippen molar-refractivity contribution < 1.29 is 13.6 Å². The standard InChI is InChI=1S/C15H14Cl2FN3O2.C13H12Cl2FN3O/c1-8(22)19-12-6-9(11(18)7-10(12)16)13-14(17)20-4-2-3-5-21(20)15(13)23;14-8-6-9(16)7(5-10(8)17)11-12(15)18-3-1-2-4-19(18)13(11)20/h6-7H,2-5H2,1H3,(H,19,22);5-6H,1-4,17H2. The highest BCUT2D eigenvalue weighted by molar-refractivity contribution is 6.35. The zero-order valence-corrected chi connectivity index (χ0v) is 25.8. The van der Waals surface area contributed by atoms with Crippen LogP contribution >= 0.6 is 46.4 Å². The van der Waals surface area contributed by atoms with Crippen molar-refractivity contribution in [2.75, 3.05) is 11.1 Å². The van der Waals surface area contributed by atoms with E-state index in [0.717, 1.165) is 37.8 Å². The van der Waals surface area contributed by atoms with E-state index in [9.17, 15) is 23.2 Å². The van der Waals surface area contributed by atoms with Crippen molar-refractivity contribution in [1.29, 1.82) is 0 Å². The minimum absolute atomic E-state index is 0.0301. The van der Waals surface area contributed by atoms with Crippen LogP contribution in [-0.2, 0) is 31.0 Å². The largest absolute Gasteiger partial charge is 0.398 e. The van der Waals surface area contributed by atoms with Crippen LogP contribution in [-0.4, -0.2) is 24.6 Å². The van der Waals surface area contributed by atoms with Crippen LogP contribution in [0.1, 0.15) is 32.6 Å². The van der Waals surface area contributed by atoms with Gasteiger partial charge in [-0.15, -0.1) is 0 Å². The molecule has 0 aliphatic carbocycles. The van der Waals surface area contributed by atoms with Gasteiger partial charge in [0.05, 0.1) is 32.5 Å². The van der Waals surface area contributed by atoms with Crippen molar-refractivity contribution in [3.05, 3.63) is 77.0 Å². The number of aromatic nitrogens is 4. The number of benzene rings is 2. The lowest BCUT2D eigenvalue weighted by atomic mass is 10.1. The molecule has 2 aromatic carbocycles. The van der Waals surface area contributed by atoms with E-state index in [2.05, 4.69) is 5.32 Å². The monoisotopic (exact) mass is 672 g/mol. The predicted molar refractivity (Wildman–Crippen MR) is 165 cm³/mol. The molecule has 2 aromatic heterocycles. The number of rotatable bonds is 3. The molecule has 4 heterocycles. The number of hydrogen-bond acceptors (Lipinski definition) is 4. The lowest BCUT2D eigenvalue weighted by molar-refractivity contribution is -0.114. The summed E-state index contributed by atoms with van der Waals surface area (Å²) in [5, 5.41) is 3.13. The Morgan fingerprint density at radius 2 is 1.14 bits per heavy atom. The fourth-order valence-corrected chi connectivity index (χ4v) is 6.35.